The van der Waals surface area contributed by atoms with Gasteiger partial charge in [-0.3, -0.25) is 4.98 Å². The highest BCUT2D eigenvalue weighted by Gasteiger charge is 2.39. The highest BCUT2D eigenvalue weighted by molar-refractivity contribution is 9.10. The lowest BCUT2D eigenvalue weighted by molar-refractivity contribution is -0.0752. The van der Waals surface area contributed by atoms with E-state index in [0.717, 1.165) is 30.3 Å². The second kappa shape index (κ2) is 8.25. The first-order chi connectivity index (χ1) is 10.2. The Kier molecular flexibility index (Phi) is 6.65. The van der Waals surface area contributed by atoms with Crippen molar-refractivity contribution in [3.05, 3.63) is 28.5 Å². The standard InChI is InChI=1S/C17H27BrN2O/c1-3-21-17(8-6-4-5-7-9-17)16(19-2)11-14-10-15(18)13-20-12-14/h10,12-13,16,19H,3-9,11H2,1-2H3. The van der Waals surface area contributed by atoms with Crippen molar-refractivity contribution in [1.29, 1.82) is 0 Å². The van der Waals surface area contributed by atoms with Crippen molar-refractivity contribution in [2.24, 2.45) is 0 Å². The predicted molar refractivity (Wildman–Crippen MR) is 90.5 cm³/mol. The number of hydrogen-bond donors (Lipinski definition) is 1. The van der Waals surface area contributed by atoms with E-state index in [2.05, 4.69) is 46.3 Å². The van der Waals surface area contributed by atoms with Crippen molar-refractivity contribution in [2.75, 3.05) is 13.7 Å². The number of halogens is 1. The maximum Gasteiger partial charge on any atom is 0.0837 e. The Morgan fingerprint density at radius 3 is 2.57 bits per heavy atom. The van der Waals surface area contributed by atoms with Gasteiger partial charge < -0.3 is 10.1 Å². The molecule has 1 N–H and O–H groups in total. The maximum absolute atomic E-state index is 6.31. The third-order valence-corrected chi connectivity index (χ3v) is 5.00. The van der Waals surface area contributed by atoms with E-state index in [9.17, 15) is 0 Å². The van der Waals surface area contributed by atoms with Crippen LogP contribution in [0, 0.1) is 0 Å². The summed E-state index contributed by atoms with van der Waals surface area (Å²) >= 11 is 3.51. The Hall–Kier alpha value is -0.450. The number of nitrogens with zero attached hydrogens (tertiary/aromatic N) is 1. The van der Waals surface area contributed by atoms with Gasteiger partial charge in [0.1, 0.15) is 0 Å². The van der Waals surface area contributed by atoms with Gasteiger partial charge in [-0.1, -0.05) is 25.7 Å². The van der Waals surface area contributed by atoms with Gasteiger partial charge in [-0.05, 0) is 60.8 Å². The second-order valence-corrected chi connectivity index (χ2v) is 6.88. The number of pyridine rings is 1. The highest BCUT2D eigenvalue weighted by Crippen LogP contribution is 2.35. The summed E-state index contributed by atoms with van der Waals surface area (Å²) in [6.07, 6.45) is 12.3. The number of aromatic nitrogens is 1. The topological polar surface area (TPSA) is 34.1 Å². The van der Waals surface area contributed by atoms with Gasteiger partial charge >= 0.3 is 0 Å². The largest absolute Gasteiger partial charge is 0.374 e. The summed E-state index contributed by atoms with van der Waals surface area (Å²) in [5.41, 5.74) is 1.23. The molecular weight excluding hydrogens is 328 g/mol. The van der Waals surface area contributed by atoms with E-state index in [4.69, 9.17) is 4.74 Å². The molecule has 21 heavy (non-hydrogen) atoms. The van der Waals surface area contributed by atoms with Crippen LogP contribution < -0.4 is 5.32 Å². The fraction of sp³-hybridized carbons (Fsp3) is 0.706. The molecule has 1 aromatic heterocycles. The molecule has 1 atom stereocenters. The molecule has 0 aliphatic heterocycles. The monoisotopic (exact) mass is 354 g/mol. The smallest absolute Gasteiger partial charge is 0.0837 e. The minimum atomic E-state index is -0.0255. The maximum atomic E-state index is 6.31. The molecule has 1 saturated carbocycles. The lowest BCUT2D eigenvalue weighted by atomic mass is 9.83. The first-order valence-electron chi connectivity index (χ1n) is 8.11. The fourth-order valence-corrected chi connectivity index (χ4v) is 3.97. The number of hydrogen-bond acceptors (Lipinski definition) is 3. The van der Waals surface area contributed by atoms with E-state index in [1.54, 1.807) is 0 Å². The summed E-state index contributed by atoms with van der Waals surface area (Å²) in [4.78, 5) is 4.29. The van der Waals surface area contributed by atoms with Crippen LogP contribution in [0.2, 0.25) is 0 Å². The number of likely N-dealkylation sites (N-methyl/N-ethyl adjacent to an activating group) is 1. The quantitative estimate of drug-likeness (QED) is 0.780. The molecule has 0 amide bonds. The summed E-state index contributed by atoms with van der Waals surface area (Å²) in [6.45, 7) is 2.90. The number of ether oxygens (including phenoxy) is 1. The molecule has 1 aliphatic carbocycles. The SMILES string of the molecule is CCOC1(C(Cc2cncc(Br)c2)NC)CCCCCC1. The Labute approximate surface area is 137 Å². The van der Waals surface area contributed by atoms with Gasteiger partial charge in [0.25, 0.3) is 0 Å². The molecule has 2 rings (SSSR count). The van der Waals surface area contributed by atoms with Crippen LogP contribution >= 0.6 is 15.9 Å². The van der Waals surface area contributed by atoms with Gasteiger partial charge in [0.15, 0.2) is 0 Å². The van der Waals surface area contributed by atoms with Gasteiger partial charge in [-0.25, -0.2) is 0 Å². The molecule has 118 valence electrons. The summed E-state index contributed by atoms with van der Waals surface area (Å²) in [6, 6.07) is 2.50. The van der Waals surface area contributed by atoms with E-state index < -0.39 is 0 Å². The predicted octanol–water partition coefficient (Wildman–Crippen LogP) is 4.10. The average molecular weight is 355 g/mol. The molecule has 1 heterocycles. The second-order valence-electron chi connectivity index (χ2n) is 5.97. The van der Waals surface area contributed by atoms with Crippen molar-refractivity contribution < 1.29 is 4.74 Å². The van der Waals surface area contributed by atoms with Crippen LogP contribution in [0.4, 0.5) is 0 Å². The molecule has 1 unspecified atom stereocenters. The normalized spacial score (nSPS) is 20.0. The lowest BCUT2D eigenvalue weighted by Gasteiger charge is -2.40. The van der Waals surface area contributed by atoms with Crippen LogP contribution in [0.5, 0.6) is 0 Å². The summed E-state index contributed by atoms with van der Waals surface area (Å²) in [7, 11) is 2.06. The van der Waals surface area contributed by atoms with Gasteiger partial charge in [0.2, 0.25) is 0 Å². The van der Waals surface area contributed by atoms with Crippen molar-refractivity contribution >= 4 is 15.9 Å². The Morgan fingerprint density at radius 2 is 2.00 bits per heavy atom. The first kappa shape index (κ1) is 16.9. The van der Waals surface area contributed by atoms with Crippen LogP contribution in [0.15, 0.2) is 22.9 Å². The fourth-order valence-electron chi connectivity index (χ4n) is 3.56. The minimum absolute atomic E-state index is 0.0255. The summed E-state index contributed by atoms with van der Waals surface area (Å²) in [5.74, 6) is 0. The van der Waals surface area contributed by atoms with E-state index in [-0.39, 0.29) is 5.60 Å². The zero-order valence-corrected chi connectivity index (χ0v) is 14.8. The minimum Gasteiger partial charge on any atom is -0.374 e. The molecule has 1 aromatic rings. The van der Waals surface area contributed by atoms with Crippen LogP contribution in [0.25, 0.3) is 0 Å². The van der Waals surface area contributed by atoms with E-state index >= 15 is 0 Å². The number of nitrogens with one attached hydrogen (secondary N) is 1. The van der Waals surface area contributed by atoms with Gasteiger partial charge in [0.05, 0.1) is 5.60 Å². The number of rotatable bonds is 6. The van der Waals surface area contributed by atoms with Gasteiger partial charge in [-0.2, -0.15) is 0 Å². The Morgan fingerprint density at radius 1 is 1.29 bits per heavy atom. The molecule has 1 fully saturated rings. The molecule has 4 heteroatoms. The van der Waals surface area contributed by atoms with Gasteiger partial charge in [0, 0.05) is 29.5 Å². The molecule has 0 saturated heterocycles. The van der Waals surface area contributed by atoms with E-state index in [1.807, 2.05) is 12.4 Å². The Balaban J connectivity index is 2.18. The van der Waals surface area contributed by atoms with Crippen LogP contribution in [-0.2, 0) is 11.2 Å². The molecule has 3 nitrogen and oxygen atoms in total. The molecule has 1 aliphatic rings. The van der Waals surface area contributed by atoms with E-state index in [1.165, 1.54) is 31.2 Å². The molecule has 0 aromatic carbocycles. The van der Waals surface area contributed by atoms with Crippen LogP contribution in [-0.4, -0.2) is 30.3 Å². The third-order valence-electron chi connectivity index (χ3n) is 4.57. The zero-order valence-electron chi connectivity index (χ0n) is 13.2. The summed E-state index contributed by atoms with van der Waals surface area (Å²) < 4.78 is 7.35. The van der Waals surface area contributed by atoms with Crippen LogP contribution in [0.3, 0.4) is 0 Å². The Bertz CT molecular complexity index is 431. The van der Waals surface area contributed by atoms with E-state index in [0.29, 0.717) is 6.04 Å². The molecule has 0 bridgehead atoms. The third kappa shape index (κ3) is 4.51. The first-order valence-corrected chi connectivity index (χ1v) is 8.90. The van der Waals surface area contributed by atoms with Crippen molar-refractivity contribution in [3.8, 4) is 0 Å². The summed E-state index contributed by atoms with van der Waals surface area (Å²) in [5, 5.41) is 3.53. The lowest BCUT2D eigenvalue weighted by Crippen LogP contribution is -2.52. The van der Waals surface area contributed by atoms with Crippen molar-refractivity contribution in [1.82, 2.24) is 10.3 Å². The van der Waals surface area contributed by atoms with Crippen LogP contribution in [0.1, 0.15) is 51.0 Å². The zero-order chi connectivity index (χ0) is 15.1. The van der Waals surface area contributed by atoms with Crippen molar-refractivity contribution in [2.45, 2.75) is 63.5 Å². The van der Waals surface area contributed by atoms with Gasteiger partial charge in [-0.15, -0.1) is 0 Å². The highest BCUT2D eigenvalue weighted by atomic mass is 79.9. The molecular formula is C17H27BrN2O. The average Bonchev–Trinajstić information content (AvgIpc) is 2.72. The molecule has 0 spiro atoms. The molecule has 0 radical (unpaired) electrons. The van der Waals surface area contributed by atoms with Crippen molar-refractivity contribution in [3.63, 3.8) is 0 Å².